The molecule has 0 aromatic heterocycles. The van der Waals surface area contributed by atoms with Crippen molar-refractivity contribution in [3.05, 3.63) is 35.6 Å². The number of halogens is 1. The Hall–Kier alpha value is -2.11. The predicted octanol–water partition coefficient (Wildman–Crippen LogP) is 1.19. The molecule has 6 heteroatoms. The van der Waals surface area contributed by atoms with Crippen molar-refractivity contribution in [2.24, 2.45) is 0 Å². The van der Waals surface area contributed by atoms with Crippen LogP contribution in [0.4, 0.5) is 9.18 Å². The number of urea groups is 1. The van der Waals surface area contributed by atoms with E-state index in [9.17, 15) is 14.0 Å². The SMILES string of the molecule is CC1(C(=O)O)CN(Cc2ccc(F)cc2)C(=O)N1. The van der Waals surface area contributed by atoms with E-state index in [0.717, 1.165) is 5.56 Å². The van der Waals surface area contributed by atoms with Crippen molar-refractivity contribution < 1.29 is 19.1 Å². The fourth-order valence-electron chi connectivity index (χ4n) is 1.87. The van der Waals surface area contributed by atoms with Crippen LogP contribution in [0, 0.1) is 5.82 Å². The average molecular weight is 252 g/mol. The molecule has 1 aliphatic heterocycles. The van der Waals surface area contributed by atoms with Gasteiger partial charge in [-0.15, -0.1) is 0 Å². The molecule has 1 atom stereocenters. The molecule has 1 heterocycles. The zero-order valence-electron chi connectivity index (χ0n) is 9.81. The quantitative estimate of drug-likeness (QED) is 0.849. The lowest BCUT2D eigenvalue weighted by atomic mass is 10.0. The lowest BCUT2D eigenvalue weighted by Gasteiger charge is -2.18. The zero-order chi connectivity index (χ0) is 13.3. The van der Waals surface area contributed by atoms with Gasteiger partial charge in [-0.3, -0.25) is 0 Å². The van der Waals surface area contributed by atoms with Crippen molar-refractivity contribution in [2.45, 2.75) is 19.0 Å². The van der Waals surface area contributed by atoms with Crippen LogP contribution in [0.3, 0.4) is 0 Å². The highest BCUT2D eigenvalue weighted by molar-refractivity contribution is 5.89. The monoisotopic (exact) mass is 252 g/mol. The minimum Gasteiger partial charge on any atom is -0.479 e. The van der Waals surface area contributed by atoms with Gasteiger partial charge in [0, 0.05) is 6.54 Å². The zero-order valence-corrected chi connectivity index (χ0v) is 9.81. The third-order valence-electron chi connectivity index (χ3n) is 2.94. The van der Waals surface area contributed by atoms with Crippen molar-refractivity contribution in [2.75, 3.05) is 6.54 Å². The van der Waals surface area contributed by atoms with Gasteiger partial charge in [-0.1, -0.05) is 12.1 Å². The molecule has 0 saturated carbocycles. The smallest absolute Gasteiger partial charge is 0.331 e. The van der Waals surface area contributed by atoms with E-state index in [0.29, 0.717) is 0 Å². The van der Waals surface area contributed by atoms with Crippen molar-refractivity contribution in [1.29, 1.82) is 0 Å². The molecular formula is C12H13FN2O3. The summed E-state index contributed by atoms with van der Waals surface area (Å²) in [7, 11) is 0. The molecule has 0 radical (unpaired) electrons. The molecule has 18 heavy (non-hydrogen) atoms. The molecular weight excluding hydrogens is 239 g/mol. The molecule has 2 amide bonds. The molecule has 1 unspecified atom stereocenters. The topological polar surface area (TPSA) is 69.6 Å². The Morgan fingerprint density at radius 3 is 2.61 bits per heavy atom. The highest BCUT2D eigenvalue weighted by atomic mass is 19.1. The van der Waals surface area contributed by atoms with Crippen molar-refractivity contribution >= 4 is 12.0 Å². The second-order valence-electron chi connectivity index (χ2n) is 4.55. The lowest BCUT2D eigenvalue weighted by Crippen LogP contribution is -2.47. The fourth-order valence-corrected chi connectivity index (χ4v) is 1.87. The minimum absolute atomic E-state index is 0.0819. The van der Waals surface area contributed by atoms with Gasteiger partial charge in [0.1, 0.15) is 5.82 Å². The number of carboxylic acid groups (broad SMARTS) is 1. The second kappa shape index (κ2) is 4.29. The largest absolute Gasteiger partial charge is 0.479 e. The Morgan fingerprint density at radius 1 is 1.50 bits per heavy atom. The van der Waals surface area contributed by atoms with Gasteiger partial charge >= 0.3 is 12.0 Å². The number of nitrogens with one attached hydrogen (secondary N) is 1. The average Bonchev–Trinajstić information content (AvgIpc) is 2.59. The number of benzene rings is 1. The van der Waals surface area contributed by atoms with E-state index < -0.39 is 17.5 Å². The Labute approximate surface area is 103 Å². The summed E-state index contributed by atoms with van der Waals surface area (Å²) < 4.78 is 12.7. The Morgan fingerprint density at radius 2 is 2.11 bits per heavy atom. The number of carbonyl (C=O) groups is 2. The molecule has 1 aliphatic rings. The van der Waals surface area contributed by atoms with Crippen LogP contribution < -0.4 is 5.32 Å². The first-order chi connectivity index (χ1) is 8.40. The van der Waals surface area contributed by atoms with Gasteiger partial charge in [0.15, 0.2) is 5.54 Å². The van der Waals surface area contributed by atoms with Crippen LogP contribution in [0.2, 0.25) is 0 Å². The number of amides is 2. The molecule has 1 aromatic carbocycles. The van der Waals surface area contributed by atoms with E-state index in [1.54, 1.807) is 12.1 Å². The fraction of sp³-hybridized carbons (Fsp3) is 0.333. The highest BCUT2D eigenvalue weighted by Crippen LogP contribution is 2.18. The number of aliphatic carboxylic acids is 1. The molecule has 0 bridgehead atoms. The molecule has 96 valence electrons. The van der Waals surface area contributed by atoms with Crippen LogP contribution in [-0.4, -0.2) is 34.1 Å². The maximum atomic E-state index is 12.7. The van der Waals surface area contributed by atoms with E-state index >= 15 is 0 Å². The van der Waals surface area contributed by atoms with Gasteiger partial charge in [-0.05, 0) is 24.6 Å². The van der Waals surface area contributed by atoms with Crippen molar-refractivity contribution in [3.8, 4) is 0 Å². The van der Waals surface area contributed by atoms with Crippen LogP contribution in [0.5, 0.6) is 0 Å². The number of hydrogen-bond acceptors (Lipinski definition) is 2. The van der Waals surface area contributed by atoms with Crippen LogP contribution >= 0.6 is 0 Å². The summed E-state index contributed by atoms with van der Waals surface area (Å²) in [5.74, 6) is -1.42. The molecule has 5 nitrogen and oxygen atoms in total. The first kappa shape index (κ1) is 12.3. The maximum Gasteiger partial charge on any atom is 0.331 e. The number of rotatable bonds is 3. The first-order valence-corrected chi connectivity index (χ1v) is 5.46. The van der Waals surface area contributed by atoms with E-state index in [1.807, 2.05) is 0 Å². The summed E-state index contributed by atoms with van der Waals surface area (Å²) in [6.45, 7) is 1.80. The second-order valence-corrected chi connectivity index (χ2v) is 4.55. The normalized spacial score (nSPS) is 23.0. The van der Waals surface area contributed by atoms with Crippen LogP contribution in [0.1, 0.15) is 12.5 Å². The Balaban J connectivity index is 2.09. The molecule has 1 fully saturated rings. The summed E-state index contributed by atoms with van der Waals surface area (Å²) in [5.41, 5.74) is -0.516. The summed E-state index contributed by atoms with van der Waals surface area (Å²) in [6.07, 6.45) is 0. The summed E-state index contributed by atoms with van der Waals surface area (Å²) in [6, 6.07) is 5.32. The summed E-state index contributed by atoms with van der Waals surface area (Å²) in [4.78, 5) is 24.1. The molecule has 1 aromatic rings. The Kier molecular flexibility index (Phi) is 2.94. The van der Waals surface area contributed by atoms with Gasteiger partial charge in [0.2, 0.25) is 0 Å². The van der Waals surface area contributed by atoms with Crippen LogP contribution in [0.15, 0.2) is 24.3 Å². The van der Waals surface area contributed by atoms with E-state index in [4.69, 9.17) is 5.11 Å². The lowest BCUT2D eigenvalue weighted by molar-refractivity contribution is -0.143. The van der Waals surface area contributed by atoms with Crippen LogP contribution in [-0.2, 0) is 11.3 Å². The molecule has 2 N–H and O–H groups in total. The maximum absolute atomic E-state index is 12.7. The first-order valence-electron chi connectivity index (χ1n) is 5.46. The number of nitrogens with zero attached hydrogens (tertiary/aromatic N) is 1. The third kappa shape index (κ3) is 2.27. The van der Waals surface area contributed by atoms with Crippen molar-refractivity contribution in [3.63, 3.8) is 0 Å². The van der Waals surface area contributed by atoms with Crippen LogP contribution in [0.25, 0.3) is 0 Å². The van der Waals surface area contributed by atoms with E-state index in [-0.39, 0.29) is 18.9 Å². The van der Waals surface area contributed by atoms with Gasteiger partial charge in [0.05, 0.1) is 6.54 Å². The third-order valence-corrected chi connectivity index (χ3v) is 2.94. The van der Waals surface area contributed by atoms with E-state index in [1.165, 1.54) is 24.0 Å². The number of hydrogen-bond donors (Lipinski definition) is 2. The Bertz CT molecular complexity index is 489. The highest BCUT2D eigenvalue weighted by Gasteiger charge is 2.44. The van der Waals surface area contributed by atoms with Gasteiger partial charge in [-0.2, -0.15) is 0 Å². The summed E-state index contributed by atoms with van der Waals surface area (Å²) in [5, 5.41) is 11.4. The number of carboxylic acids is 1. The van der Waals surface area contributed by atoms with Gasteiger partial charge < -0.3 is 15.3 Å². The van der Waals surface area contributed by atoms with Gasteiger partial charge in [-0.25, -0.2) is 14.0 Å². The molecule has 0 aliphatic carbocycles. The standard InChI is InChI=1S/C12H13FN2O3/c1-12(10(16)17)7-15(11(18)14-12)6-8-2-4-9(13)5-3-8/h2-5H,6-7H2,1H3,(H,14,18)(H,16,17). The van der Waals surface area contributed by atoms with E-state index in [2.05, 4.69) is 5.32 Å². The molecule has 0 spiro atoms. The minimum atomic E-state index is -1.27. The number of carbonyl (C=O) groups excluding carboxylic acids is 1. The summed E-state index contributed by atoms with van der Waals surface area (Å²) >= 11 is 0. The van der Waals surface area contributed by atoms with Crippen molar-refractivity contribution in [1.82, 2.24) is 10.2 Å². The molecule has 1 saturated heterocycles. The predicted molar refractivity (Wildman–Crippen MR) is 61.4 cm³/mol. The molecule has 2 rings (SSSR count). The van der Waals surface area contributed by atoms with Gasteiger partial charge in [0.25, 0.3) is 0 Å².